The lowest BCUT2D eigenvalue weighted by molar-refractivity contribution is -0.121. The van der Waals surface area contributed by atoms with Crippen molar-refractivity contribution in [3.8, 4) is 11.1 Å². The quantitative estimate of drug-likeness (QED) is 0.577. The molecule has 2 aromatic carbocycles. The van der Waals surface area contributed by atoms with Gasteiger partial charge in [0.05, 0.1) is 17.9 Å². The Morgan fingerprint density at radius 3 is 2.42 bits per heavy atom. The van der Waals surface area contributed by atoms with E-state index in [1.54, 1.807) is 36.6 Å². The molecule has 0 aliphatic heterocycles. The van der Waals surface area contributed by atoms with E-state index in [4.69, 9.17) is 0 Å². The summed E-state index contributed by atoms with van der Waals surface area (Å²) in [6, 6.07) is 13.5. The summed E-state index contributed by atoms with van der Waals surface area (Å²) in [5, 5.41) is 3.01. The topological polar surface area (TPSA) is 75.2 Å². The van der Waals surface area contributed by atoms with Gasteiger partial charge in [-0.25, -0.2) is 0 Å². The van der Waals surface area contributed by atoms with E-state index in [1.807, 2.05) is 50.2 Å². The molecule has 1 unspecified atom stereocenters. The first-order valence-electron chi connectivity index (χ1n) is 11.5. The molecular weight excluding hydrogens is 412 g/mol. The fraction of sp³-hybridized carbons (Fsp3) is 0.333. The first kappa shape index (κ1) is 22.6. The van der Waals surface area contributed by atoms with E-state index in [2.05, 4.69) is 15.3 Å². The normalized spacial score (nSPS) is 14.6. The van der Waals surface area contributed by atoms with Gasteiger partial charge in [-0.15, -0.1) is 0 Å². The van der Waals surface area contributed by atoms with Crippen molar-refractivity contribution in [2.75, 3.05) is 11.9 Å². The van der Waals surface area contributed by atoms with Crippen LogP contribution in [0.1, 0.15) is 60.3 Å². The smallest absolute Gasteiger partial charge is 0.251 e. The van der Waals surface area contributed by atoms with Crippen LogP contribution >= 0.6 is 0 Å². The summed E-state index contributed by atoms with van der Waals surface area (Å²) in [6.45, 7) is 3.92. The highest BCUT2D eigenvalue weighted by molar-refractivity contribution is 6.00. The molecule has 3 aromatic rings. The van der Waals surface area contributed by atoms with Gasteiger partial charge >= 0.3 is 0 Å². The minimum absolute atomic E-state index is 0.0620. The zero-order chi connectivity index (χ0) is 23.4. The predicted molar refractivity (Wildman–Crippen MR) is 130 cm³/mol. The molecule has 1 aromatic heterocycles. The Balaban J connectivity index is 1.67. The van der Waals surface area contributed by atoms with Gasteiger partial charge in [0.25, 0.3) is 5.91 Å². The summed E-state index contributed by atoms with van der Waals surface area (Å²) >= 11 is 0. The number of nitrogens with one attached hydrogen (secondary N) is 1. The Kier molecular flexibility index (Phi) is 6.82. The summed E-state index contributed by atoms with van der Waals surface area (Å²) in [5.41, 5.74) is 4.98. The second kappa shape index (κ2) is 9.94. The molecule has 6 heteroatoms. The molecule has 0 spiro atoms. The zero-order valence-corrected chi connectivity index (χ0v) is 19.4. The van der Waals surface area contributed by atoms with Crippen LogP contribution in [0.2, 0.25) is 0 Å². The van der Waals surface area contributed by atoms with E-state index in [-0.39, 0.29) is 23.8 Å². The van der Waals surface area contributed by atoms with Gasteiger partial charge in [-0.05, 0) is 56.0 Å². The molecule has 0 bridgehead atoms. The zero-order valence-electron chi connectivity index (χ0n) is 19.4. The van der Waals surface area contributed by atoms with E-state index in [1.165, 1.54) is 5.56 Å². The first-order chi connectivity index (χ1) is 15.9. The maximum absolute atomic E-state index is 13.2. The number of hydrogen-bond donors (Lipinski definition) is 1. The van der Waals surface area contributed by atoms with Gasteiger partial charge in [0, 0.05) is 36.6 Å². The van der Waals surface area contributed by atoms with Crippen LogP contribution in [0.3, 0.4) is 0 Å². The second-order valence-electron chi connectivity index (χ2n) is 8.84. The van der Waals surface area contributed by atoms with Crippen LogP contribution in [0.15, 0.2) is 61.1 Å². The Morgan fingerprint density at radius 2 is 1.76 bits per heavy atom. The van der Waals surface area contributed by atoms with Gasteiger partial charge in [0.2, 0.25) is 5.91 Å². The number of aromatic nitrogens is 2. The monoisotopic (exact) mass is 442 g/mol. The molecule has 2 amide bonds. The summed E-state index contributed by atoms with van der Waals surface area (Å²) < 4.78 is 0. The highest BCUT2D eigenvalue weighted by Crippen LogP contribution is 2.31. The molecule has 4 rings (SSSR count). The van der Waals surface area contributed by atoms with Gasteiger partial charge in [0.1, 0.15) is 0 Å². The molecular formula is C27H30N4O2. The minimum Gasteiger partial charge on any atom is -0.344 e. The second-order valence-corrected chi connectivity index (χ2v) is 8.84. The molecule has 33 heavy (non-hydrogen) atoms. The van der Waals surface area contributed by atoms with Crippen molar-refractivity contribution in [2.24, 2.45) is 5.92 Å². The number of hydrogen-bond acceptors (Lipinski definition) is 4. The Labute approximate surface area is 195 Å². The number of anilines is 1. The maximum atomic E-state index is 13.2. The van der Waals surface area contributed by atoms with Crippen LogP contribution in [0.25, 0.3) is 11.1 Å². The van der Waals surface area contributed by atoms with E-state index in [9.17, 15) is 9.59 Å². The van der Waals surface area contributed by atoms with E-state index in [0.717, 1.165) is 42.5 Å². The summed E-state index contributed by atoms with van der Waals surface area (Å²) in [6.07, 6.45) is 8.92. The molecule has 1 N–H and O–H groups in total. The van der Waals surface area contributed by atoms with Crippen LogP contribution in [-0.4, -0.2) is 28.8 Å². The standard InChI is InChI=1S/C27H30N4O2/c1-18-8-10-20(11-9-18)22-14-23(26(32)30-19(2)25-17-28-12-13-29-25)16-24(15-22)31(3)27(33)21-6-4-5-7-21/h8-17,19,21H,4-7H2,1-3H3,(H,30,32). The first-order valence-corrected chi connectivity index (χ1v) is 11.5. The molecule has 1 fully saturated rings. The summed E-state index contributed by atoms with van der Waals surface area (Å²) in [7, 11) is 1.80. The Morgan fingerprint density at radius 1 is 1.03 bits per heavy atom. The third-order valence-electron chi connectivity index (χ3n) is 6.36. The predicted octanol–water partition coefficient (Wildman–Crippen LogP) is 5.10. The fourth-order valence-electron chi connectivity index (χ4n) is 4.31. The average Bonchev–Trinajstić information content (AvgIpc) is 3.39. The van der Waals surface area contributed by atoms with Crippen LogP contribution in [0.4, 0.5) is 5.69 Å². The van der Waals surface area contributed by atoms with E-state index < -0.39 is 0 Å². The minimum atomic E-state index is -0.296. The van der Waals surface area contributed by atoms with Crippen molar-refractivity contribution in [3.63, 3.8) is 0 Å². The van der Waals surface area contributed by atoms with Gasteiger partial charge in [-0.1, -0.05) is 42.7 Å². The summed E-state index contributed by atoms with van der Waals surface area (Å²) in [4.78, 5) is 36.4. The largest absolute Gasteiger partial charge is 0.344 e. The van der Waals surface area contributed by atoms with Crippen molar-refractivity contribution in [1.82, 2.24) is 15.3 Å². The number of benzene rings is 2. The number of aryl methyl sites for hydroxylation is 1. The Bertz CT molecular complexity index is 1120. The van der Waals surface area contributed by atoms with Crippen molar-refractivity contribution >= 4 is 17.5 Å². The Hall–Kier alpha value is -3.54. The van der Waals surface area contributed by atoms with Gasteiger partial charge in [-0.2, -0.15) is 0 Å². The molecule has 1 atom stereocenters. The molecule has 1 aliphatic carbocycles. The molecule has 0 radical (unpaired) electrons. The van der Waals surface area contributed by atoms with Crippen molar-refractivity contribution in [3.05, 3.63) is 77.9 Å². The third kappa shape index (κ3) is 5.28. The molecule has 1 saturated carbocycles. The SMILES string of the molecule is Cc1ccc(-c2cc(C(=O)NC(C)c3cnccn3)cc(N(C)C(=O)C3CCCC3)c2)cc1. The molecule has 170 valence electrons. The molecule has 0 saturated heterocycles. The van der Waals surface area contributed by atoms with Crippen molar-refractivity contribution in [1.29, 1.82) is 0 Å². The number of amides is 2. The number of nitrogens with zero attached hydrogens (tertiary/aromatic N) is 3. The fourth-order valence-corrected chi connectivity index (χ4v) is 4.31. The maximum Gasteiger partial charge on any atom is 0.251 e. The van der Waals surface area contributed by atoms with Crippen LogP contribution in [-0.2, 0) is 4.79 Å². The number of carbonyl (C=O) groups excluding carboxylic acids is 2. The van der Waals surface area contributed by atoms with Crippen LogP contribution < -0.4 is 10.2 Å². The number of carbonyl (C=O) groups is 2. The lowest BCUT2D eigenvalue weighted by atomic mass is 9.99. The summed E-state index contributed by atoms with van der Waals surface area (Å²) in [5.74, 6) is -0.0371. The van der Waals surface area contributed by atoms with Gasteiger partial charge in [0.15, 0.2) is 0 Å². The molecule has 6 nitrogen and oxygen atoms in total. The van der Waals surface area contributed by atoms with E-state index in [0.29, 0.717) is 11.3 Å². The highest BCUT2D eigenvalue weighted by atomic mass is 16.2. The van der Waals surface area contributed by atoms with Crippen molar-refractivity contribution < 1.29 is 9.59 Å². The number of rotatable bonds is 6. The lowest BCUT2D eigenvalue weighted by Gasteiger charge is -2.23. The molecule has 1 heterocycles. The van der Waals surface area contributed by atoms with Gasteiger partial charge < -0.3 is 10.2 Å². The van der Waals surface area contributed by atoms with Crippen LogP contribution in [0, 0.1) is 12.8 Å². The van der Waals surface area contributed by atoms with E-state index >= 15 is 0 Å². The molecule has 1 aliphatic rings. The van der Waals surface area contributed by atoms with Crippen molar-refractivity contribution in [2.45, 2.75) is 45.6 Å². The average molecular weight is 443 g/mol. The van der Waals surface area contributed by atoms with Crippen LogP contribution in [0.5, 0.6) is 0 Å². The highest BCUT2D eigenvalue weighted by Gasteiger charge is 2.27. The lowest BCUT2D eigenvalue weighted by Crippen LogP contribution is -2.32. The third-order valence-corrected chi connectivity index (χ3v) is 6.36. The van der Waals surface area contributed by atoms with Gasteiger partial charge in [-0.3, -0.25) is 19.6 Å².